The van der Waals surface area contributed by atoms with Crippen LogP contribution in [-0.2, 0) is 7.05 Å². The summed E-state index contributed by atoms with van der Waals surface area (Å²) in [5.41, 5.74) is 0.630. The molecule has 1 N–H and O–H groups in total. The molecule has 0 saturated carbocycles. The number of hydrogen-bond acceptors (Lipinski definition) is 5. The number of rotatable bonds is 6. The van der Waals surface area contributed by atoms with Crippen molar-refractivity contribution in [2.45, 2.75) is 6.92 Å². The van der Waals surface area contributed by atoms with Crippen molar-refractivity contribution in [2.75, 3.05) is 43.5 Å². The summed E-state index contributed by atoms with van der Waals surface area (Å²) in [4.78, 5) is 28.1. The molecule has 1 aromatic carbocycles. The van der Waals surface area contributed by atoms with E-state index in [9.17, 15) is 9.59 Å². The molecule has 1 heterocycles. The lowest BCUT2D eigenvalue weighted by molar-refractivity contribution is 0.239. The van der Waals surface area contributed by atoms with Gasteiger partial charge in [0.05, 0.1) is 0 Å². The van der Waals surface area contributed by atoms with Gasteiger partial charge in [-0.15, -0.1) is 9.78 Å². The van der Waals surface area contributed by atoms with E-state index in [1.165, 1.54) is 4.57 Å². The summed E-state index contributed by atoms with van der Waals surface area (Å²) in [5.74, 6) is 0.426. The fourth-order valence-electron chi connectivity index (χ4n) is 2.43. The zero-order valence-corrected chi connectivity index (χ0v) is 14.6. The molecule has 2 rings (SSSR count). The van der Waals surface area contributed by atoms with E-state index < -0.39 is 11.7 Å². The smallest absolute Gasteiger partial charge is 0.355 e. The van der Waals surface area contributed by atoms with Gasteiger partial charge in [-0.3, -0.25) is 4.57 Å². The second-order valence-electron chi connectivity index (χ2n) is 5.59. The van der Waals surface area contributed by atoms with E-state index in [-0.39, 0.29) is 0 Å². The SMILES string of the molecule is CCN(CCNC(=O)n1nc(N(C)C)n(C)c1=O)c1ccccc1. The van der Waals surface area contributed by atoms with Crippen LogP contribution in [0, 0.1) is 0 Å². The van der Waals surface area contributed by atoms with Gasteiger partial charge < -0.3 is 15.1 Å². The number of nitrogens with zero attached hydrogens (tertiary/aromatic N) is 5. The van der Waals surface area contributed by atoms with E-state index in [1.54, 1.807) is 26.0 Å². The van der Waals surface area contributed by atoms with Crippen LogP contribution in [0.3, 0.4) is 0 Å². The van der Waals surface area contributed by atoms with E-state index in [0.717, 1.165) is 16.9 Å². The quantitative estimate of drug-likeness (QED) is 0.844. The number of likely N-dealkylation sites (N-methyl/N-ethyl adjacent to an activating group) is 1. The zero-order valence-electron chi connectivity index (χ0n) is 14.6. The van der Waals surface area contributed by atoms with Crippen LogP contribution in [-0.4, -0.2) is 54.1 Å². The third-order valence-electron chi connectivity index (χ3n) is 3.71. The number of anilines is 2. The highest BCUT2D eigenvalue weighted by molar-refractivity contribution is 5.75. The molecule has 8 heteroatoms. The molecule has 24 heavy (non-hydrogen) atoms. The van der Waals surface area contributed by atoms with Gasteiger partial charge in [0.15, 0.2) is 0 Å². The van der Waals surface area contributed by atoms with Gasteiger partial charge in [0.2, 0.25) is 5.95 Å². The van der Waals surface area contributed by atoms with Gasteiger partial charge in [0.1, 0.15) is 0 Å². The van der Waals surface area contributed by atoms with E-state index in [0.29, 0.717) is 19.0 Å². The van der Waals surface area contributed by atoms with E-state index in [4.69, 9.17) is 0 Å². The molecule has 0 saturated heterocycles. The molecule has 0 fully saturated rings. The lowest BCUT2D eigenvalue weighted by Crippen LogP contribution is -2.41. The van der Waals surface area contributed by atoms with Crippen molar-refractivity contribution < 1.29 is 4.79 Å². The van der Waals surface area contributed by atoms with Crippen LogP contribution in [0.1, 0.15) is 6.92 Å². The molecule has 0 aliphatic heterocycles. The number of amides is 1. The third-order valence-corrected chi connectivity index (χ3v) is 3.71. The van der Waals surface area contributed by atoms with Crippen LogP contribution in [0.4, 0.5) is 16.4 Å². The first-order valence-electron chi connectivity index (χ1n) is 7.87. The summed E-state index contributed by atoms with van der Waals surface area (Å²) in [5, 5.41) is 6.79. The van der Waals surface area contributed by atoms with Crippen LogP contribution in [0.2, 0.25) is 0 Å². The monoisotopic (exact) mass is 332 g/mol. The normalized spacial score (nSPS) is 10.5. The Balaban J connectivity index is 1.99. The van der Waals surface area contributed by atoms with E-state index in [2.05, 4.69) is 22.2 Å². The van der Waals surface area contributed by atoms with E-state index >= 15 is 0 Å². The molecular weight excluding hydrogens is 308 g/mol. The Labute approximate surface area is 141 Å². The highest BCUT2D eigenvalue weighted by atomic mass is 16.2. The van der Waals surface area contributed by atoms with Crippen molar-refractivity contribution in [3.05, 3.63) is 40.8 Å². The molecular formula is C16H24N6O2. The fourth-order valence-corrected chi connectivity index (χ4v) is 2.43. The maximum atomic E-state index is 12.2. The fraction of sp³-hybridized carbons (Fsp3) is 0.438. The summed E-state index contributed by atoms with van der Waals surface area (Å²) >= 11 is 0. The Hall–Kier alpha value is -2.77. The van der Waals surface area contributed by atoms with Gasteiger partial charge in [-0.25, -0.2) is 9.59 Å². The first-order chi connectivity index (χ1) is 11.5. The van der Waals surface area contributed by atoms with Crippen molar-refractivity contribution in [3.8, 4) is 0 Å². The molecule has 1 amide bonds. The van der Waals surface area contributed by atoms with Crippen LogP contribution >= 0.6 is 0 Å². The number of carbonyl (C=O) groups excluding carboxylic acids is 1. The average Bonchev–Trinajstić information content (AvgIpc) is 2.88. The molecule has 0 aliphatic rings. The third kappa shape index (κ3) is 3.76. The molecule has 1 aromatic heterocycles. The number of hydrogen-bond donors (Lipinski definition) is 1. The molecule has 0 atom stereocenters. The van der Waals surface area contributed by atoms with Crippen LogP contribution in [0.15, 0.2) is 35.1 Å². The number of carbonyl (C=O) groups is 1. The van der Waals surface area contributed by atoms with Gasteiger partial charge in [0.25, 0.3) is 0 Å². The maximum Gasteiger partial charge on any atom is 0.355 e. The molecule has 0 spiro atoms. The predicted octanol–water partition coefficient (Wildman–Crippen LogP) is 0.732. The van der Waals surface area contributed by atoms with Crippen molar-refractivity contribution in [1.82, 2.24) is 19.7 Å². The first-order valence-corrected chi connectivity index (χ1v) is 7.87. The highest BCUT2D eigenvalue weighted by Gasteiger charge is 2.17. The highest BCUT2D eigenvalue weighted by Crippen LogP contribution is 2.11. The summed E-state index contributed by atoms with van der Waals surface area (Å²) < 4.78 is 2.19. The Morgan fingerprint density at radius 3 is 2.46 bits per heavy atom. The number of nitrogens with one attached hydrogen (secondary N) is 1. The van der Waals surface area contributed by atoms with Crippen LogP contribution in [0.5, 0.6) is 0 Å². The van der Waals surface area contributed by atoms with Gasteiger partial charge in [-0.05, 0) is 19.1 Å². The molecule has 2 aromatic rings. The summed E-state index contributed by atoms with van der Waals surface area (Å²) in [6.07, 6.45) is 0. The molecule has 0 radical (unpaired) electrons. The first kappa shape index (κ1) is 17.6. The molecule has 8 nitrogen and oxygen atoms in total. The average molecular weight is 332 g/mol. The van der Waals surface area contributed by atoms with Crippen molar-refractivity contribution in [2.24, 2.45) is 7.05 Å². The minimum atomic E-state index is -0.521. The van der Waals surface area contributed by atoms with Crippen molar-refractivity contribution in [1.29, 1.82) is 0 Å². The lowest BCUT2D eigenvalue weighted by Gasteiger charge is -2.23. The minimum absolute atomic E-state index is 0.419. The Bertz CT molecular complexity index is 735. The largest absolute Gasteiger partial charge is 0.370 e. The van der Waals surface area contributed by atoms with Crippen LogP contribution in [0.25, 0.3) is 0 Å². The zero-order chi connectivity index (χ0) is 17.7. The number of benzene rings is 1. The molecule has 0 unspecified atom stereocenters. The Kier molecular flexibility index (Phi) is 5.62. The number of para-hydroxylation sites is 1. The second kappa shape index (κ2) is 7.67. The van der Waals surface area contributed by atoms with Crippen molar-refractivity contribution >= 4 is 17.7 Å². The summed E-state index contributed by atoms with van der Waals surface area (Å²) in [6.45, 7) is 3.95. The minimum Gasteiger partial charge on any atom is -0.370 e. The number of aromatic nitrogens is 3. The van der Waals surface area contributed by atoms with Gasteiger partial charge in [-0.2, -0.15) is 0 Å². The summed E-state index contributed by atoms with van der Waals surface area (Å²) in [6, 6.07) is 9.46. The molecule has 130 valence electrons. The maximum absolute atomic E-state index is 12.2. The molecule has 0 bridgehead atoms. The summed E-state index contributed by atoms with van der Waals surface area (Å²) in [7, 11) is 5.12. The topological polar surface area (TPSA) is 75.4 Å². The van der Waals surface area contributed by atoms with Gasteiger partial charge in [-0.1, -0.05) is 18.2 Å². The second-order valence-corrected chi connectivity index (χ2v) is 5.59. The van der Waals surface area contributed by atoms with E-state index in [1.807, 2.05) is 30.3 Å². The van der Waals surface area contributed by atoms with Crippen LogP contribution < -0.4 is 20.8 Å². The molecule has 0 aliphatic carbocycles. The van der Waals surface area contributed by atoms with Gasteiger partial charge >= 0.3 is 11.7 Å². The standard InChI is InChI=1S/C16H24N6O2/c1-5-21(13-9-7-6-8-10-13)12-11-17-15(23)22-16(24)20(4)14(18-22)19(2)3/h6-10H,5,11-12H2,1-4H3,(H,17,23). The predicted molar refractivity (Wildman–Crippen MR) is 94.9 cm³/mol. The van der Waals surface area contributed by atoms with Crippen molar-refractivity contribution in [3.63, 3.8) is 0 Å². The lowest BCUT2D eigenvalue weighted by atomic mass is 10.3. The Morgan fingerprint density at radius 1 is 1.25 bits per heavy atom. The Morgan fingerprint density at radius 2 is 1.92 bits per heavy atom. The van der Waals surface area contributed by atoms with Gasteiger partial charge in [0, 0.05) is 46.5 Å².